The van der Waals surface area contributed by atoms with Crippen molar-refractivity contribution < 1.29 is 18.0 Å². The molecular weight excluding hydrogens is 357 g/mol. The molecule has 0 aliphatic carbocycles. The number of aromatic nitrogens is 2. The molecule has 0 radical (unpaired) electrons. The summed E-state index contributed by atoms with van der Waals surface area (Å²) < 4.78 is 38.3. The molecule has 0 unspecified atom stereocenters. The summed E-state index contributed by atoms with van der Waals surface area (Å²) in [5.41, 5.74) is -0.556. The lowest BCUT2D eigenvalue weighted by molar-refractivity contribution is -0.137. The molecular formula is C16H16ClF3N4O. The summed E-state index contributed by atoms with van der Waals surface area (Å²) in [6.07, 6.45) is -0.0871. The van der Waals surface area contributed by atoms with E-state index in [0.29, 0.717) is 6.54 Å². The van der Waals surface area contributed by atoms with E-state index in [2.05, 4.69) is 20.6 Å². The van der Waals surface area contributed by atoms with Crippen LogP contribution in [0.25, 0.3) is 0 Å². The molecule has 134 valence electrons. The van der Waals surface area contributed by atoms with E-state index in [1.807, 2.05) is 6.92 Å². The standard InChI is InChI=1S/C16H16ClF3N4O/c1-2-3-6-21-14(25)10-8-22-15(23-9-10)24-13-7-11(16(18,19)20)4-5-12(13)17/h4-5,7-9H,2-3,6H2,1H3,(H,21,25)(H,22,23,24). The summed E-state index contributed by atoms with van der Waals surface area (Å²) >= 11 is 5.90. The van der Waals surface area contributed by atoms with E-state index in [-0.39, 0.29) is 28.1 Å². The fourth-order valence-electron chi connectivity index (χ4n) is 1.91. The number of hydrogen-bond acceptors (Lipinski definition) is 4. The summed E-state index contributed by atoms with van der Waals surface area (Å²) in [5, 5.41) is 5.43. The van der Waals surface area contributed by atoms with Crippen molar-refractivity contribution >= 4 is 29.1 Å². The van der Waals surface area contributed by atoms with Crippen LogP contribution in [0.4, 0.5) is 24.8 Å². The molecule has 2 aromatic rings. The van der Waals surface area contributed by atoms with Gasteiger partial charge < -0.3 is 10.6 Å². The Hall–Kier alpha value is -2.35. The van der Waals surface area contributed by atoms with Gasteiger partial charge in [-0.3, -0.25) is 4.79 Å². The topological polar surface area (TPSA) is 66.9 Å². The molecule has 2 N–H and O–H groups in total. The SMILES string of the molecule is CCCCNC(=O)c1cnc(Nc2cc(C(F)(F)F)ccc2Cl)nc1. The van der Waals surface area contributed by atoms with Gasteiger partial charge in [0.2, 0.25) is 5.95 Å². The molecule has 1 heterocycles. The van der Waals surface area contributed by atoms with Crippen LogP contribution in [0, 0.1) is 0 Å². The van der Waals surface area contributed by atoms with Crippen LogP contribution in [-0.4, -0.2) is 22.4 Å². The number of hydrogen-bond donors (Lipinski definition) is 2. The Labute approximate surface area is 147 Å². The first-order chi connectivity index (χ1) is 11.8. The molecule has 25 heavy (non-hydrogen) atoms. The number of unbranched alkanes of at least 4 members (excludes halogenated alkanes) is 1. The molecule has 9 heteroatoms. The molecule has 1 amide bonds. The highest BCUT2D eigenvalue weighted by molar-refractivity contribution is 6.33. The van der Waals surface area contributed by atoms with E-state index < -0.39 is 11.7 Å². The normalized spacial score (nSPS) is 11.2. The van der Waals surface area contributed by atoms with Crippen molar-refractivity contribution in [3.05, 3.63) is 46.7 Å². The quantitative estimate of drug-likeness (QED) is 0.736. The monoisotopic (exact) mass is 372 g/mol. The van der Waals surface area contributed by atoms with Crippen molar-refractivity contribution in [2.45, 2.75) is 25.9 Å². The van der Waals surface area contributed by atoms with Gasteiger partial charge in [0.1, 0.15) is 0 Å². The average molecular weight is 373 g/mol. The lowest BCUT2D eigenvalue weighted by Gasteiger charge is -2.11. The predicted molar refractivity (Wildman–Crippen MR) is 89.0 cm³/mol. The zero-order valence-electron chi connectivity index (χ0n) is 13.3. The predicted octanol–water partition coefficient (Wildman–Crippen LogP) is 4.42. The first-order valence-corrected chi connectivity index (χ1v) is 7.93. The smallest absolute Gasteiger partial charge is 0.352 e. The van der Waals surface area contributed by atoms with E-state index in [1.165, 1.54) is 12.4 Å². The summed E-state index contributed by atoms with van der Waals surface area (Å²) in [6, 6.07) is 2.90. The van der Waals surface area contributed by atoms with Gasteiger partial charge in [0.25, 0.3) is 5.91 Å². The number of rotatable bonds is 6. The minimum Gasteiger partial charge on any atom is -0.352 e. The molecule has 1 aromatic heterocycles. The molecule has 0 bridgehead atoms. The fraction of sp³-hybridized carbons (Fsp3) is 0.312. The maximum Gasteiger partial charge on any atom is 0.416 e. The molecule has 0 aliphatic rings. The van der Waals surface area contributed by atoms with Crippen LogP contribution in [0.1, 0.15) is 35.7 Å². The molecule has 0 aliphatic heterocycles. The lowest BCUT2D eigenvalue weighted by atomic mass is 10.2. The van der Waals surface area contributed by atoms with Crippen molar-refractivity contribution in [1.82, 2.24) is 15.3 Å². The molecule has 0 spiro atoms. The summed E-state index contributed by atoms with van der Waals surface area (Å²) in [6.45, 7) is 2.56. The Balaban J connectivity index is 2.10. The molecule has 0 saturated carbocycles. The molecule has 0 saturated heterocycles. The van der Waals surface area contributed by atoms with E-state index >= 15 is 0 Å². The van der Waals surface area contributed by atoms with Gasteiger partial charge in [0.05, 0.1) is 21.8 Å². The van der Waals surface area contributed by atoms with E-state index in [0.717, 1.165) is 31.0 Å². The van der Waals surface area contributed by atoms with Gasteiger partial charge in [-0.05, 0) is 24.6 Å². The Kier molecular flexibility index (Phi) is 6.19. The maximum absolute atomic E-state index is 12.8. The highest BCUT2D eigenvalue weighted by Crippen LogP contribution is 2.34. The number of anilines is 2. The number of benzene rings is 1. The highest BCUT2D eigenvalue weighted by atomic mass is 35.5. The minimum absolute atomic E-state index is 0.0247. The van der Waals surface area contributed by atoms with Gasteiger partial charge in [0, 0.05) is 18.9 Å². The van der Waals surface area contributed by atoms with Gasteiger partial charge in [-0.25, -0.2) is 9.97 Å². The van der Waals surface area contributed by atoms with Crippen LogP contribution >= 0.6 is 11.6 Å². The second kappa shape index (κ2) is 8.15. The fourth-order valence-corrected chi connectivity index (χ4v) is 2.07. The van der Waals surface area contributed by atoms with Crippen molar-refractivity contribution in [1.29, 1.82) is 0 Å². The van der Waals surface area contributed by atoms with E-state index in [9.17, 15) is 18.0 Å². The molecule has 5 nitrogen and oxygen atoms in total. The Morgan fingerprint density at radius 2 is 1.92 bits per heavy atom. The van der Waals surface area contributed by atoms with Crippen LogP contribution in [0.2, 0.25) is 5.02 Å². The number of alkyl halides is 3. The number of amides is 1. The van der Waals surface area contributed by atoms with Crippen molar-refractivity contribution in [2.24, 2.45) is 0 Å². The Morgan fingerprint density at radius 3 is 2.52 bits per heavy atom. The van der Waals surface area contributed by atoms with Gasteiger partial charge in [-0.15, -0.1) is 0 Å². The molecule has 0 atom stereocenters. The number of halogens is 4. The molecule has 0 fully saturated rings. The number of nitrogens with one attached hydrogen (secondary N) is 2. The van der Waals surface area contributed by atoms with Gasteiger partial charge in [-0.2, -0.15) is 13.2 Å². The first-order valence-electron chi connectivity index (χ1n) is 7.55. The van der Waals surface area contributed by atoms with Gasteiger partial charge in [0.15, 0.2) is 0 Å². The number of carbonyl (C=O) groups is 1. The summed E-state index contributed by atoms with van der Waals surface area (Å²) in [7, 11) is 0. The zero-order chi connectivity index (χ0) is 18.4. The Morgan fingerprint density at radius 1 is 1.24 bits per heavy atom. The third-order valence-electron chi connectivity index (χ3n) is 3.27. The van der Waals surface area contributed by atoms with Crippen LogP contribution in [-0.2, 0) is 6.18 Å². The van der Waals surface area contributed by atoms with Crippen molar-refractivity contribution in [3.63, 3.8) is 0 Å². The molecule has 1 aromatic carbocycles. The third kappa shape index (κ3) is 5.32. The first kappa shape index (κ1) is 19.0. The summed E-state index contributed by atoms with van der Waals surface area (Å²) in [4.78, 5) is 19.7. The number of nitrogens with zero attached hydrogens (tertiary/aromatic N) is 2. The Bertz CT molecular complexity index is 735. The second-order valence-corrected chi connectivity index (χ2v) is 5.63. The number of carbonyl (C=O) groups excluding carboxylic acids is 1. The van der Waals surface area contributed by atoms with Gasteiger partial charge >= 0.3 is 6.18 Å². The molecule has 2 rings (SSSR count). The third-order valence-corrected chi connectivity index (χ3v) is 3.60. The van der Waals surface area contributed by atoms with Crippen molar-refractivity contribution in [2.75, 3.05) is 11.9 Å². The minimum atomic E-state index is -4.48. The van der Waals surface area contributed by atoms with E-state index in [4.69, 9.17) is 11.6 Å². The van der Waals surface area contributed by atoms with E-state index in [1.54, 1.807) is 0 Å². The highest BCUT2D eigenvalue weighted by Gasteiger charge is 2.31. The van der Waals surface area contributed by atoms with Crippen LogP contribution in [0.15, 0.2) is 30.6 Å². The zero-order valence-corrected chi connectivity index (χ0v) is 14.1. The maximum atomic E-state index is 12.8. The van der Waals surface area contributed by atoms with Gasteiger partial charge in [-0.1, -0.05) is 24.9 Å². The summed E-state index contributed by atoms with van der Waals surface area (Å²) in [5.74, 6) is -0.275. The van der Waals surface area contributed by atoms with Crippen LogP contribution in [0.3, 0.4) is 0 Å². The lowest BCUT2D eigenvalue weighted by Crippen LogP contribution is -2.24. The average Bonchev–Trinajstić information content (AvgIpc) is 2.56. The van der Waals surface area contributed by atoms with Crippen LogP contribution < -0.4 is 10.6 Å². The van der Waals surface area contributed by atoms with Crippen molar-refractivity contribution in [3.8, 4) is 0 Å². The second-order valence-electron chi connectivity index (χ2n) is 5.22. The van der Waals surface area contributed by atoms with Crippen LogP contribution in [0.5, 0.6) is 0 Å². The largest absolute Gasteiger partial charge is 0.416 e.